The summed E-state index contributed by atoms with van der Waals surface area (Å²) in [7, 11) is -2.40. The van der Waals surface area contributed by atoms with Gasteiger partial charge in [-0.05, 0) is 66.1 Å². The zero-order valence-corrected chi connectivity index (χ0v) is 22.9. The molecule has 1 spiro atoms. The van der Waals surface area contributed by atoms with E-state index in [0.717, 1.165) is 33.3 Å². The normalized spacial score (nSPS) is 25.0. The molecule has 2 aliphatic heterocycles. The van der Waals surface area contributed by atoms with Crippen LogP contribution in [0.3, 0.4) is 0 Å². The van der Waals surface area contributed by atoms with Crippen LogP contribution in [0.15, 0.2) is 78.1 Å². The van der Waals surface area contributed by atoms with Crippen LogP contribution in [0.5, 0.6) is 0 Å². The molecule has 12 heteroatoms. The molecule has 10 nitrogen and oxygen atoms in total. The van der Waals surface area contributed by atoms with Crippen molar-refractivity contribution in [2.24, 2.45) is 13.0 Å². The van der Waals surface area contributed by atoms with Gasteiger partial charge in [-0.1, -0.05) is 18.2 Å². The fourth-order valence-electron chi connectivity index (χ4n) is 7.47. The number of carbonyl (C=O) groups excluding carboxylic acids is 1. The van der Waals surface area contributed by atoms with Gasteiger partial charge < -0.3 is 5.32 Å². The minimum absolute atomic E-state index is 0.109. The van der Waals surface area contributed by atoms with Crippen LogP contribution in [-0.2, 0) is 32.7 Å². The Hall–Kier alpha value is -4.42. The largest absolute Gasteiger partial charge is 0.326 e. The zero-order chi connectivity index (χ0) is 28.3. The molecule has 206 valence electrons. The van der Waals surface area contributed by atoms with E-state index in [-0.39, 0.29) is 29.8 Å². The van der Waals surface area contributed by atoms with Crippen LogP contribution in [0.1, 0.15) is 16.7 Å². The molecule has 1 N–H and O–H groups in total. The Morgan fingerprint density at radius 2 is 1.71 bits per heavy atom. The molecule has 1 amide bonds. The molecule has 1 saturated carbocycles. The van der Waals surface area contributed by atoms with E-state index in [1.54, 1.807) is 30.1 Å². The lowest BCUT2D eigenvalue weighted by Crippen LogP contribution is -2.40. The summed E-state index contributed by atoms with van der Waals surface area (Å²) in [6, 6.07) is 17.8. The Morgan fingerprint density at radius 1 is 0.976 bits per heavy atom. The second-order valence-corrected chi connectivity index (χ2v) is 13.0. The molecule has 0 radical (unpaired) electrons. The van der Waals surface area contributed by atoms with Gasteiger partial charge in [0.05, 0.1) is 29.5 Å². The highest BCUT2D eigenvalue weighted by Crippen LogP contribution is 2.77. The van der Waals surface area contributed by atoms with Gasteiger partial charge in [0.1, 0.15) is 5.82 Å². The van der Waals surface area contributed by atoms with Crippen LogP contribution >= 0.6 is 0 Å². The van der Waals surface area contributed by atoms with E-state index in [2.05, 4.69) is 20.6 Å². The number of benzene rings is 3. The Kier molecular flexibility index (Phi) is 4.67. The van der Waals surface area contributed by atoms with Crippen molar-refractivity contribution in [1.29, 1.82) is 0 Å². The summed E-state index contributed by atoms with van der Waals surface area (Å²) in [5.74, 6) is -0.881. The average Bonchev–Trinajstić information content (AvgIpc) is 3.37. The van der Waals surface area contributed by atoms with Gasteiger partial charge in [-0.15, -0.1) is 5.10 Å². The Bertz CT molecular complexity index is 2040. The van der Waals surface area contributed by atoms with Crippen LogP contribution < -0.4 is 5.32 Å². The standard InChI is InChI=1S/C29H24FN7O3S/c1-17-11-24-18(13-32-37(24)20-9-7-19(30)8-10-20)12-22(17)29-16-36(41(39,40)25-14-31-35(2)34-25)15-28(29)21-5-3-4-6-23(21)33-27(38)26(28)29/h3-14,26H,15-16H2,1-2H3,(H,33,38)/t26-,28+,29-/m1/s1. The van der Waals surface area contributed by atoms with Crippen molar-refractivity contribution in [2.45, 2.75) is 22.8 Å². The number of aryl methyl sites for hydroxylation is 2. The highest BCUT2D eigenvalue weighted by Gasteiger charge is 2.86. The molecule has 8 rings (SSSR count). The van der Waals surface area contributed by atoms with Crippen molar-refractivity contribution in [1.82, 2.24) is 29.1 Å². The molecule has 4 heterocycles. The average molecular weight is 570 g/mol. The molecule has 3 aliphatic rings. The lowest BCUT2D eigenvalue weighted by atomic mass is 9.81. The number of sulfonamides is 1. The number of rotatable bonds is 4. The predicted octanol–water partition coefficient (Wildman–Crippen LogP) is 3.06. The molecule has 41 heavy (non-hydrogen) atoms. The lowest BCUT2D eigenvalue weighted by molar-refractivity contribution is -0.118. The van der Waals surface area contributed by atoms with E-state index in [1.807, 2.05) is 43.3 Å². The molecular weight excluding hydrogens is 545 g/mol. The summed E-state index contributed by atoms with van der Waals surface area (Å²) in [4.78, 5) is 14.9. The van der Waals surface area contributed by atoms with E-state index < -0.39 is 26.8 Å². The van der Waals surface area contributed by atoms with Gasteiger partial charge in [0.2, 0.25) is 10.9 Å². The third kappa shape index (κ3) is 3.00. The number of nitrogens with zero attached hydrogens (tertiary/aromatic N) is 6. The van der Waals surface area contributed by atoms with E-state index in [4.69, 9.17) is 0 Å². The van der Waals surface area contributed by atoms with Crippen molar-refractivity contribution in [3.63, 3.8) is 0 Å². The second kappa shape index (κ2) is 7.86. The Balaban J connectivity index is 1.32. The summed E-state index contributed by atoms with van der Waals surface area (Å²) in [5, 5.41) is 16.4. The maximum absolute atomic E-state index is 13.8. The van der Waals surface area contributed by atoms with Gasteiger partial charge in [-0.3, -0.25) is 4.79 Å². The molecule has 0 bridgehead atoms. The lowest BCUT2D eigenvalue weighted by Gasteiger charge is -2.27. The fraction of sp³-hybridized carbons (Fsp3) is 0.241. The van der Waals surface area contributed by atoms with Gasteiger partial charge >= 0.3 is 0 Å². The van der Waals surface area contributed by atoms with Crippen molar-refractivity contribution in [3.05, 3.63) is 95.6 Å². The Morgan fingerprint density at radius 3 is 2.44 bits per heavy atom. The quantitative estimate of drug-likeness (QED) is 0.356. The SMILES string of the molecule is Cc1cc2c(cnn2-c2ccc(F)cc2)cc1[C@@]12CN(S(=O)(=O)c3cnn(C)n3)C[C@@]13c1ccccc1NC(=O)[C@H]32. The number of piperidine rings is 1. The van der Waals surface area contributed by atoms with Crippen molar-refractivity contribution in [2.75, 3.05) is 18.4 Å². The Labute approximate surface area is 234 Å². The molecule has 1 aliphatic carbocycles. The number of halogens is 1. The fourth-order valence-corrected chi connectivity index (χ4v) is 8.88. The number of hydrogen-bond acceptors (Lipinski definition) is 6. The first-order valence-electron chi connectivity index (χ1n) is 13.2. The molecule has 5 aromatic rings. The van der Waals surface area contributed by atoms with Crippen molar-refractivity contribution < 1.29 is 17.6 Å². The first-order chi connectivity index (χ1) is 19.7. The number of carbonyl (C=O) groups is 1. The third-order valence-corrected chi connectivity index (χ3v) is 10.8. The monoisotopic (exact) mass is 569 g/mol. The van der Waals surface area contributed by atoms with Gasteiger partial charge in [0.25, 0.3) is 10.0 Å². The van der Waals surface area contributed by atoms with E-state index in [9.17, 15) is 17.6 Å². The smallest absolute Gasteiger partial charge is 0.264 e. The summed E-state index contributed by atoms with van der Waals surface area (Å²) in [5.41, 5.74) is 3.48. The van der Waals surface area contributed by atoms with Gasteiger partial charge in [-0.2, -0.15) is 19.3 Å². The van der Waals surface area contributed by atoms with E-state index >= 15 is 0 Å². The highest BCUT2D eigenvalue weighted by atomic mass is 32.2. The second-order valence-electron chi connectivity index (χ2n) is 11.1. The topological polar surface area (TPSA) is 115 Å². The van der Waals surface area contributed by atoms with Crippen LogP contribution in [0.25, 0.3) is 16.6 Å². The zero-order valence-electron chi connectivity index (χ0n) is 22.1. The van der Waals surface area contributed by atoms with E-state index in [0.29, 0.717) is 5.69 Å². The molecule has 3 atom stereocenters. The van der Waals surface area contributed by atoms with Crippen LogP contribution in [0.2, 0.25) is 0 Å². The number of para-hydroxylation sites is 1. The third-order valence-electron chi connectivity index (χ3n) is 9.13. The number of nitrogens with one attached hydrogen (secondary N) is 1. The van der Waals surface area contributed by atoms with Crippen LogP contribution in [0.4, 0.5) is 10.1 Å². The van der Waals surface area contributed by atoms with Gasteiger partial charge in [-0.25, -0.2) is 17.5 Å². The molecule has 3 aromatic carbocycles. The van der Waals surface area contributed by atoms with Crippen LogP contribution in [-0.4, -0.2) is 56.5 Å². The van der Waals surface area contributed by atoms with Crippen molar-refractivity contribution in [3.8, 4) is 5.69 Å². The van der Waals surface area contributed by atoms with Gasteiger partial charge in [0, 0.05) is 42.0 Å². The van der Waals surface area contributed by atoms with E-state index in [1.165, 1.54) is 27.4 Å². The molecular formula is C29H24FN7O3S. The number of amides is 1. The molecule has 2 fully saturated rings. The number of aromatic nitrogens is 5. The summed E-state index contributed by atoms with van der Waals surface area (Å²) >= 11 is 0. The predicted molar refractivity (Wildman–Crippen MR) is 147 cm³/mol. The molecule has 2 aromatic heterocycles. The first kappa shape index (κ1) is 24.4. The number of anilines is 1. The van der Waals surface area contributed by atoms with Crippen molar-refractivity contribution >= 4 is 32.5 Å². The minimum Gasteiger partial charge on any atom is -0.326 e. The summed E-state index contributed by atoms with van der Waals surface area (Å²) in [6.07, 6.45) is 3.00. The number of fused-ring (bicyclic) bond motifs is 3. The first-order valence-corrected chi connectivity index (χ1v) is 14.6. The number of hydrogen-bond donors (Lipinski definition) is 1. The highest BCUT2D eigenvalue weighted by molar-refractivity contribution is 7.89. The maximum atomic E-state index is 13.8. The maximum Gasteiger partial charge on any atom is 0.264 e. The molecule has 0 unspecified atom stereocenters. The van der Waals surface area contributed by atoms with Gasteiger partial charge in [0.15, 0.2) is 0 Å². The summed E-state index contributed by atoms with van der Waals surface area (Å²) < 4.78 is 44.4. The summed E-state index contributed by atoms with van der Waals surface area (Å²) in [6.45, 7) is 2.25. The molecule has 1 saturated heterocycles. The minimum atomic E-state index is -3.97. The van der Waals surface area contributed by atoms with Crippen LogP contribution in [0, 0.1) is 18.7 Å².